The second-order valence-electron chi connectivity index (χ2n) is 6.76. The molecule has 3 rings (SSSR count). The van der Waals surface area contributed by atoms with Crippen molar-refractivity contribution in [1.82, 2.24) is 9.21 Å². The summed E-state index contributed by atoms with van der Waals surface area (Å²) >= 11 is 0. The molecule has 6 nitrogen and oxygen atoms in total. The number of anilines is 1. The van der Waals surface area contributed by atoms with Crippen LogP contribution in [0.5, 0.6) is 0 Å². The van der Waals surface area contributed by atoms with Crippen molar-refractivity contribution in [3.8, 4) is 0 Å². The monoisotopic (exact) mass is 381 g/mol. The van der Waals surface area contributed by atoms with Crippen LogP contribution in [0.4, 0.5) is 5.69 Å². The third-order valence-electron chi connectivity index (χ3n) is 4.74. The van der Waals surface area contributed by atoms with Crippen LogP contribution in [0.15, 0.2) is 23.1 Å². The number of carbonyl (C=O) groups excluding carboxylic acids is 1. The number of likely N-dealkylation sites (N-methyl/N-ethyl adjacent to an activating group) is 1. The molecular formula is C19H31N3O3S. The van der Waals surface area contributed by atoms with Gasteiger partial charge in [-0.15, -0.1) is 0 Å². The minimum Gasteiger partial charge on any atom is -0.312 e. The number of rotatable bonds is 3. The number of fused-ring (bicyclic) bond motifs is 1. The van der Waals surface area contributed by atoms with Crippen LogP contribution in [0.25, 0.3) is 0 Å². The first-order valence-corrected chi connectivity index (χ1v) is 10.9. The molecule has 1 fully saturated rings. The molecule has 0 spiro atoms. The predicted octanol–water partition coefficient (Wildman–Crippen LogP) is 2.34. The fraction of sp³-hybridized carbons (Fsp3) is 0.632. The molecule has 0 unspecified atom stereocenters. The van der Waals surface area contributed by atoms with Gasteiger partial charge in [0.1, 0.15) is 0 Å². The fourth-order valence-corrected chi connectivity index (χ4v) is 4.77. The first-order chi connectivity index (χ1) is 12.3. The molecular weight excluding hydrogens is 350 g/mol. The van der Waals surface area contributed by atoms with E-state index in [1.807, 2.05) is 0 Å². The molecule has 1 aromatic carbocycles. The smallest absolute Gasteiger partial charge is 0.243 e. The number of benzene rings is 1. The van der Waals surface area contributed by atoms with E-state index in [0.29, 0.717) is 31.0 Å². The molecule has 2 heterocycles. The van der Waals surface area contributed by atoms with Crippen LogP contribution in [0.2, 0.25) is 0 Å². The fourth-order valence-electron chi connectivity index (χ4n) is 3.30. The molecule has 26 heavy (non-hydrogen) atoms. The molecule has 0 atom stereocenters. The maximum absolute atomic E-state index is 12.8. The standard InChI is InChI=1S/C16H23N3O3S.C3H8/c1-3-17-8-10-18(11-9-17)23(21,22)15-4-5-16-14(12-15)6-7-19(16)13(2)20;1-3-2/h4-5,12H,3,6-11H2,1-2H3;3H2,1-2H3. The van der Waals surface area contributed by atoms with E-state index in [9.17, 15) is 13.2 Å². The molecule has 0 saturated carbocycles. The Morgan fingerprint density at radius 1 is 1.04 bits per heavy atom. The van der Waals surface area contributed by atoms with E-state index in [4.69, 9.17) is 0 Å². The van der Waals surface area contributed by atoms with Gasteiger partial charge in [-0.25, -0.2) is 8.42 Å². The maximum Gasteiger partial charge on any atom is 0.243 e. The first kappa shape index (κ1) is 20.9. The molecule has 7 heteroatoms. The molecule has 0 radical (unpaired) electrons. The highest BCUT2D eigenvalue weighted by Crippen LogP contribution is 2.31. The SMILES string of the molecule is CCC.CCN1CCN(S(=O)(=O)c2ccc3c(c2)CCN3C(C)=O)CC1. The molecule has 0 aromatic heterocycles. The van der Waals surface area contributed by atoms with Gasteiger partial charge in [0.05, 0.1) is 4.90 Å². The van der Waals surface area contributed by atoms with Gasteiger partial charge in [0, 0.05) is 45.3 Å². The molecule has 0 N–H and O–H groups in total. The van der Waals surface area contributed by atoms with Gasteiger partial charge in [-0.2, -0.15) is 4.31 Å². The minimum absolute atomic E-state index is 0.00459. The average Bonchev–Trinajstić information content (AvgIpc) is 3.06. The Labute approximate surface area is 157 Å². The predicted molar refractivity (Wildman–Crippen MR) is 105 cm³/mol. The van der Waals surface area contributed by atoms with Crippen LogP contribution in [0.1, 0.15) is 39.7 Å². The van der Waals surface area contributed by atoms with Gasteiger partial charge in [0.2, 0.25) is 15.9 Å². The highest BCUT2D eigenvalue weighted by molar-refractivity contribution is 7.89. The zero-order valence-electron chi connectivity index (χ0n) is 16.4. The lowest BCUT2D eigenvalue weighted by molar-refractivity contribution is -0.116. The van der Waals surface area contributed by atoms with Crippen molar-refractivity contribution in [2.24, 2.45) is 0 Å². The Morgan fingerprint density at radius 2 is 1.65 bits per heavy atom. The largest absolute Gasteiger partial charge is 0.312 e. The van der Waals surface area contributed by atoms with Gasteiger partial charge < -0.3 is 9.80 Å². The van der Waals surface area contributed by atoms with E-state index in [-0.39, 0.29) is 5.91 Å². The Balaban J connectivity index is 0.000000758. The normalized spacial score (nSPS) is 18.2. The quantitative estimate of drug-likeness (QED) is 0.806. The van der Waals surface area contributed by atoms with Crippen molar-refractivity contribution in [1.29, 1.82) is 0 Å². The van der Waals surface area contributed by atoms with Crippen molar-refractivity contribution in [3.63, 3.8) is 0 Å². The summed E-state index contributed by atoms with van der Waals surface area (Å²) < 4.78 is 27.2. The average molecular weight is 382 g/mol. The summed E-state index contributed by atoms with van der Waals surface area (Å²) in [6.07, 6.45) is 1.96. The molecule has 1 aromatic rings. The summed E-state index contributed by atoms with van der Waals surface area (Å²) in [5.74, 6) is -0.00459. The van der Waals surface area contributed by atoms with E-state index in [0.717, 1.165) is 30.9 Å². The zero-order chi connectivity index (χ0) is 19.3. The number of carbonyl (C=O) groups is 1. The number of hydrogen-bond donors (Lipinski definition) is 0. The summed E-state index contributed by atoms with van der Waals surface area (Å²) in [5, 5.41) is 0. The Morgan fingerprint density at radius 3 is 2.19 bits per heavy atom. The highest BCUT2D eigenvalue weighted by atomic mass is 32.2. The Hall–Kier alpha value is -1.44. The van der Waals surface area contributed by atoms with Crippen molar-refractivity contribution < 1.29 is 13.2 Å². The number of hydrogen-bond acceptors (Lipinski definition) is 4. The first-order valence-electron chi connectivity index (χ1n) is 9.48. The Kier molecular flexibility index (Phi) is 7.20. The minimum atomic E-state index is -3.45. The van der Waals surface area contributed by atoms with E-state index in [1.54, 1.807) is 27.4 Å². The van der Waals surface area contributed by atoms with Crippen molar-refractivity contribution in [3.05, 3.63) is 23.8 Å². The molecule has 0 aliphatic carbocycles. The summed E-state index contributed by atoms with van der Waals surface area (Å²) in [4.78, 5) is 15.9. The zero-order valence-corrected chi connectivity index (χ0v) is 17.2. The molecule has 146 valence electrons. The lowest BCUT2D eigenvalue weighted by Crippen LogP contribution is -2.48. The summed E-state index contributed by atoms with van der Waals surface area (Å²) in [7, 11) is -3.45. The summed E-state index contributed by atoms with van der Waals surface area (Å²) in [6, 6.07) is 5.13. The van der Waals surface area contributed by atoms with Crippen LogP contribution in [-0.2, 0) is 21.2 Å². The molecule has 2 aliphatic heterocycles. The lowest BCUT2D eigenvalue weighted by atomic mass is 10.2. The van der Waals surface area contributed by atoms with Crippen LogP contribution < -0.4 is 4.90 Å². The van der Waals surface area contributed by atoms with E-state index in [2.05, 4.69) is 25.7 Å². The summed E-state index contributed by atoms with van der Waals surface area (Å²) in [6.45, 7) is 12.1. The van der Waals surface area contributed by atoms with Gasteiger partial charge in [0.25, 0.3) is 0 Å². The van der Waals surface area contributed by atoms with E-state index >= 15 is 0 Å². The van der Waals surface area contributed by atoms with Crippen LogP contribution in [0.3, 0.4) is 0 Å². The third-order valence-corrected chi connectivity index (χ3v) is 6.64. The van der Waals surface area contributed by atoms with Crippen molar-refractivity contribution >= 4 is 21.6 Å². The van der Waals surface area contributed by atoms with Crippen LogP contribution >= 0.6 is 0 Å². The Bertz CT molecular complexity index is 726. The molecule has 0 bridgehead atoms. The van der Waals surface area contributed by atoms with Gasteiger partial charge in [-0.3, -0.25) is 4.79 Å². The van der Waals surface area contributed by atoms with Crippen molar-refractivity contribution in [2.75, 3.05) is 44.2 Å². The van der Waals surface area contributed by atoms with Gasteiger partial charge in [-0.1, -0.05) is 27.2 Å². The maximum atomic E-state index is 12.8. The van der Waals surface area contributed by atoms with Gasteiger partial charge >= 0.3 is 0 Å². The number of piperazine rings is 1. The second-order valence-corrected chi connectivity index (χ2v) is 8.69. The lowest BCUT2D eigenvalue weighted by Gasteiger charge is -2.33. The van der Waals surface area contributed by atoms with Crippen LogP contribution in [0, 0.1) is 0 Å². The molecule has 1 saturated heterocycles. The van der Waals surface area contributed by atoms with Gasteiger partial charge in [0.15, 0.2) is 0 Å². The van der Waals surface area contributed by atoms with E-state index < -0.39 is 10.0 Å². The van der Waals surface area contributed by atoms with Crippen molar-refractivity contribution in [2.45, 2.75) is 45.4 Å². The van der Waals surface area contributed by atoms with E-state index in [1.165, 1.54) is 13.3 Å². The second kappa shape index (κ2) is 8.97. The van der Waals surface area contributed by atoms with Crippen LogP contribution in [-0.4, -0.2) is 62.8 Å². The molecule has 2 aliphatic rings. The topological polar surface area (TPSA) is 60.9 Å². The van der Waals surface area contributed by atoms with Gasteiger partial charge in [-0.05, 0) is 36.7 Å². The third kappa shape index (κ3) is 4.45. The number of nitrogens with zero attached hydrogens (tertiary/aromatic N) is 3. The number of sulfonamides is 1. The highest BCUT2D eigenvalue weighted by Gasteiger charge is 2.30. The summed E-state index contributed by atoms with van der Waals surface area (Å²) in [5.41, 5.74) is 1.78. The molecule has 1 amide bonds. The number of amides is 1.